The van der Waals surface area contributed by atoms with E-state index in [4.69, 9.17) is 10.3 Å². The van der Waals surface area contributed by atoms with Gasteiger partial charge in [0.15, 0.2) is 0 Å². The summed E-state index contributed by atoms with van der Waals surface area (Å²) in [5.74, 6) is 1.14. The molecule has 20 heavy (non-hydrogen) atoms. The third kappa shape index (κ3) is 2.66. The Bertz CT molecular complexity index is 694. The zero-order chi connectivity index (χ0) is 13.8. The van der Waals surface area contributed by atoms with Crippen molar-refractivity contribution in [3.05, 3.63) is 60.2 Å². The van der Waals surface area contributed by atoms with Crippen LogP contribution in [0.2, 0.25) is 0 Å². The molecule has 100 valence electrons. The van der Waals surface area contributed by atoms with Gasteiger partial charge in [-0.15, -0.1) is 0 Å². The van der Waals surface area contributed by atoms with Crippen LogP contribution in [0.25, 0.3) is 11.4 Å². The SMILES string of the molecule is Nc1ccccc1-c1noc(CCc2cccnc2)n1. The highest BCUT2D eigenvalue weighted by atomic mass is 16.5. The van der Waals surface area contributed by atoms with Crippen molar-refractivity contribution < 1.29 is 4.52 Å². The number of rotatable bonds is 4. The van der Waals surface area contributed by atoms with Crippen LogP contribution in [0.4, 0.5) is 5.69 Å². The van der Waals surface area contributed by atoms with Crippen LogP contribution in [-0.2, 0) is 12.8 Å². The molecule has 0 bridgehead atoms. The number of nitrogen functional groups attached to an aromatic ring is 1. The molecule has 5 nitrogen and oxygen atoms in total. The Kier molecular flexibility index (Phi) is 3.41. The van der Waals surface area contributed by atoms with Crippen molar-refractivity contribution in [3.8, 4) is 11.4 Å². The number of aromatic nitrogens is 3. The lowest BCUT2D eigenvalue weighted by atomic mass is 10.1. The molecule has 0 amide bonds. The molecule has 0 saturated heterocycles. The van der Waals surface area contributed by atoms with E-state index in [1.807, 2.05) is 42.6 Å². The summed E-state index contributed by atoms with van der Waals surface area (Å²) in [5.41, 5.74) is 8.48. The van der Waals surface area contributed by atoms with Gasteiger partial charge in [0.05, 0.1) is 0 Å². The van der Waals surface area contributed by atoms with Gasteiger partial charge in [-0.3, -0.25) is 4.98 Å². The van der Waals surface area contributed by atoms with Crippen molar-refractivity contribution in [2.24, 2.45) is 0 Å². The monoisotopic (exact) mass is 266 g/mol. The molecular weight excluding hydrogens is 252 g/mol. The van der Waals surface area contributed by atoms with Crippen molar-refractivity contribution in [1.29, 1.82) is 0 Å². The Labute approximate surface area is 116 Å². The van der Waals surface area contributed by atoms with E-state index in [2.05, 4.69) is 15.1 Å². The van der Waals surface area contributed by atoms with E-state index in [1.54, 1.807) is 6.20 Å². The maximum Gasteiger partial charge on any atom is 0.227 e. The lowest BCUT2D eigenvalue weighted by Crippen LogP contribution is -1.93. The van der Waals surface area contributed by atoms with Gasteiger partial charge >= 0.3 is 0 Å². The molecule has 0 radical (unpaired) electrons. The Hall–Kier alpha value is -2.69. The maximum atomic E-state index is 5.90. The second kappa shape index (κ2) is 5.52. The molecule has 2 aromatic heterocycles. The largest absolute Gasteiger partial charge is 0.398 e. The number of anilines is 1. The number of benzene rings is 1. The van der Waals surface area contributed by atoms with Crippen molar-refractivity contribution in [1.82, 2.24) is 15.1 Å². The van der Waals surface area contributed by atoms with Gasteiger partial charge < -0.3 is 10.3 Å². The Morgan fingerprint density at radius 3 is 2.75 bits per heavy atom. The number of para-hydroxylation sites is 1. The molecule has 0 aliphatic heterocycles. The highest BCUT2D eigenvalue weighted by molar-refractivity contribution is 5.70. The first kappa shape index (κ1) is 12.3. The fraction of sp³-hybridized carbons (Fsp3) is 0.133. The minimum atomic E-state index is 0.532. The van der Waals surface area contributed by atoms with Crippen LogP contribution in [-0.4, -0.2) is 15.1 Å². The number of nitrogens with two attached hydrogens (primary N) is 1. The Balaban J connectivity index is 1.73. The molecule has 2 heterocycles. The second-order valence-electron chi connectivity index (χ2n) is 4.46. The number of hydrogen-bond acceptors (Lipinski definition) is 5. The van der Waals surface area contributed by atoms with Gasteiger partial charge in [0, 0.05) is 30.1 Å². The van der Waals surface area contributed by atoms with Gasteiger partial charge in [0.1, 0.15) is 0 Å². The van der Waals surface area contributed by atoms with Gasteiger partial charge in [-0.05, 0) is 30.2 Å². The fourth-order valence-corrected chi connectivity index (χ4v) is 1.96. The van der Waals surface area contributed by atoms with Crippen LogP contribution in [0.1, 0.15) is 11.5 Å². The summed E-state index contributed by atoms with van der Waals surface area (Å²) in [7, 11) is 0. The summed E-state index contributed by atoms with van der Waals surface area (Å²) >= 11 is 0. The number of pyridine rings is 1. The molecule has 0 saturated carbocycles. The van der Waals surface area contributed by atoms with E-state index in [1.165, 1.54) is 0 Å². The molecule has 2 N–H and O–H groups in total. The molecule has 0 aliphatic carbocycles. The molecule has 0 atom stereocenters. The molecule has 0 spiro atoms. The first-order valence-corrected chi connectivity index (χ1v) is 6.39. The van der Waals surface area contributed by atoms with Crippen LogP contribution in [0.3, 0.4) is 0 Å². The third-order valence-electron chi connectivity index (χ3n) is 3.02. The molecule has 3 rings (SSSR count). The number of nitrogens with zero attached hydrogens (tertiary/aromatic N) is 3. The van der Waals surface area contributed by atoms with E-state index in [0.717, 1.165) is 17.5 Å². The average Bonchev–Trinajstić information content (AvgIpc) is 2.95. The minimum Gasteiger partial charge on any atom is -0.398 e. The normalized spacial score (nSPS) is 10.6. The Morgan fingerprint density at radius 2 is 1.95 bits per heavy atom. The van der Waals surface area contributed by atoms with Crippen LogP contribution in [0, 0.1) is 0 Å². The summed E-state index contributed by atoms with van der Waals surface area (Å²) in [6, 6.07) is 11.4. The number of aryl methyl sites for hydroxylation is 2. The molecular formula is C15H14N4O. The van der Waals surface area contributed by atoms with Crippen LogP contribution in [0.15, 0.2) is 53.3 Å². The van der Waals surface area contributed by atoms with Crippen LogP contribution in [0.5, 0.6) is 0 Å². The first-order valence-electron chi connectivity index (χ1n) is 6.39. The van der Waals surface area contributed by atoms with Crippen molar-refractivity contribution in [2.45, 2.75) is 12.8 Å². The van der Waals surface area contributed by atoms with Gasteiger partial charge in [-0.25, -0.2) is 0 Å². The quantitative estimate of drug-likeness (QED) is 0.734. The van der Waals surface area contributed by atoms with E-state index in [-0.39, 0.29) is 0 Å². The highest BCUT2D eigenvalue weighted by Gasteiger charge is 2.10. The molecule has 1 aromatic carbocycles. The van der Waals surface area contributed by atoms with E-state index < -0.39 is 0 Å². The molecule has 0 fully saturated rings. The molecule has 0 unspecified atom stereocenters. The van der Waals surface area contributed by atoms with Gasteiger partial charge in [-0.1, -0.05) is 23.4 Å². The van der Waals surface area contributed by atoms with Crippen LogP contribution < -0.4 is 5.73 Å². The molecule has 3 aromatic rings. The fourth-order valence-electron chi connectivity index (χ4n) is 1.96. The molecule has 0 aliphatic rings. The smallest absolute Gasteiger partial charge is 0.227 e. The van der Waals surface area contributed by atoms with E-state index in [9.17, 15) is 0 Å². The summed E-state index contributed by atoms with van der Waals surface area (Å²) < 4.78 is 5.26. The lowest BCUT2D eigenvalue weighted by Gasteiger charge is -1.98. The zero-order valence-corrected chi connectivity index (χ0v) is 10.9. The third-order valence-corrected chi connectivity index (χ3v) is 3.02. The van der Waals surface area contributed by atoms with E-state index >= 15 is 0 Å². The van der Waals surface area contributed by atoms with Gasteiger partial charge in [0.2, 0.25) is 11.7 Å². The standard InChI is InChI=1S/C15H14N4O/c16-13-6-2-1-5-12(13)15-18-14(20-19-15)8-7-11-4-3-9-17-10-11/h1-6,9-10H,7-8,16H2. The summed E-state index contributed by atoms with van der Waals surface area (Å²) in [6.45, 7) is 0. The average molecular weight is 266 g/mol. The van der Waals surface area contributed by atoms with Crippen molar-refractivity contribution in [3.63, 3.8) is 0 Å². The van der Waals surface area contributed by atoms with Gasteiger partial charge in [-0.2, -0.15) is 4.98 Å². The van der Waals surface area contributed by atoms with E-state index in [0.29, 0.717) is 23.8 Å². The maximum absolute atomic E-state index is 5.90. The minimum absolute atomic E-state index is 0.532. The molecule has 5 heteroatoms. The zero-order valence-electron chi connectivity index (χ0n) is 10.9. The summed E-state index contributed by atoms with van der Waals surface area (Å²) in [5, 5.41) is 3.98. The van der Waals surface area contributed by atoms with Gasteiger partial charge in [0.25, 0.3) is 0 Å². The van der Waals surface area contributed by atoms with Crippen molar-refractivity contribution in [2.75, 3.05) is 5.73 Å². The summed E-state index contributed by atoms with van der Waals surface area (Å²) in [6.07, 6.45) is 5.10. The van der Waals surface area contributed by atoms with Crippen LogP contribution >= 0.6 is 0 Å². The Morgan fingerprint density at radius 1 is 1.05 bits per heavy atom. The predicted octanol–water partition coefficient (Wildman–Crippen LogP) is 2.50. The topological polar surface area (TPSA) is 77.8 Å². The summed E-state index contributed by atoms with van der Waals surface area (Å²) in [4.78, 5) is 8.46. The first-order chi connectivity index (χ1) is 9.83. The number of hydrogen-bond donors (Lipinski definition) is 1. The second-order valence-corrected chi connectivity index (χ2v) is 4.46. The highest BCUT2D eigenvalue weighted by Crippen LogP contribution is 2.22. The predicted molar refractivity (Wildman–Crippen MR) is 75.8 cm³/mol. The van der Waals surface area contributed by atoms with Crippen molar-refractivity contribution >= 4 is 5.69 Å². The lowest BCUT2D eigenvalue weighted by molar-refractivity contribution is 0.379.